The minimum Gasteiger partial charge on any atom is -0.383 e. The molecule has 120 valence electrons. The Kier molecular flexibility index (Phi) is 3.76. The van der Waals surface area contributed by atoms with E-state index < -0.39 is 5.54 Å². The quantitative estimate of drug-likeness (QED) is 0.840. The number of hydrogen-bond donors (Lipinski definition) is 2. The summed E-state index contributed by atoms with van der Waals surface area (Å²) in [5.74, 6) is -0.237. The molecule has 0 radical (unpaired) electrons. The second-order valence-corrected chi connectivity index (χ2v) is 6.70. The zero-order valence-electron chi connectivity index (χ0n) is 12.8. The Bertz CT molecular complexity index is 736. The minimum atomic E-state index is -0.411. The number of benzene rings is 2. The van der Waals surface area contributed by atoms with Crippen molar-refractivity contribution in [1.82, 2.24) is 10.2 Å². The smallest absolute Gasteiger partial charge is 0.129 e. The van der Waals surface area contributed by atoms with Crippen molar-refractivity contribution in [3.05, 3.63) is 64.4 Å². The predicted molar refractivity (Wildman–Crippen MR) is 91.3 cm³/mol. The molecule has 2 heterocycles. The van der Waals surface area contributed by atoms with Gasteiger partial charge in [0.25, 0.3) is 0 Å². The van der Waals surface area contributed by atoms with Crippen LogP contribution in [0.4, 0.5) is 10.1 Å². The maximum atomic E-state index is 14.7. The average molecular weight is 332 g/mol. The van der Waals surface area contributed by atoms with Gasteiger partial charge in [0.05, 0.1) is 5.54 Å². The first kappa shape index (κ1) is 14.9. The summed E-state index contributed by atoms with van der Waals surface area (Å²) in [6.45, 7) is 3.99. The molecule has 5 heteroatoms. The maximum absolute atomic E-state index is 14.7. The Balaban J connectivity index is 1.81. The predicted octanol–water partition coefficient (Wildman–Crippen LogP) is 3.21. The molecule has 3 nitrogen and oxygen atoms in total. The molecular formula is C18H19ClFN3. The second kappa shape index (κ2) is 5.78. The van der Waals surface area contributed by atoms with Gasteiger partial charge in [-0.15, -0.1) is 0 Å². The molecule has 2 aromatic rings. The van der Waals surface area contributed by atoms with Crippen LogP contribution >= 0.6 is 11.6 Å². The number of fused-ring (bicyclic) bond motifs is 2. The normalized spacial score (nSPS) is 24.3. The van der Waals surface area contributed by atoms with Gasteiger partial charge in [0, 0.05) is 49.0 Å². The van der Waals surface area contributed by atoms with Crippen LogP contribution in [-0.4, -0.2) is 31.1 Å². The van der Waals surface area contributed by atoms with Crippen LogP contribution < -0.4 is 10.6 Å². The van der Waals surface area contributed by atoms with Crippen molar-refractivity contribution in [2.24, 2.45) is 0 Å². The highest BCUT2D eigenvalue weighted by molar-refractivity contribution is 6.30. The van der Waals surface area contributed by atoms with Gasteiger partial charge in [-0.3, -0.25) is 4.90 Å². The Morgan fingerprint density at radius 2 is 2.00 bits per heavy atom. The first-order valence-electron chi connectivity index (χ1n) is 7.92. The fourth-order valence-electron chi connectivity index (χ4n) is 3.75. The van der Waals surface area contributed by atoms with Crippen LogP contribution in [0.2, 0.25) is 5.02 Å². The van der Waals surface area contributed by atoms with Crippen LogP contribution in [0.1, 0.15) is 11.1 Å². The van der Waals surface area contributed by atoms with E-state index in [2.05, 4.69) is 33.7 Å². The fourth-order valence-corrected chi connectivity index (χ4v) is 3.90. The van der Waals surface area contributed by atoms with Gasteiger partial charge < -0.3 is 10.6 Å². The lowest BCUT2D eigenvalue weighted by Crippen LogP contribution is -2.61. The summed E-state index contributed by atoms with van der Waals surface area (Å²) in [6.07, 6.45) is 0. The van der Waals surface area contributed by atoms with Gasteiger partial charge >= 0.3 is 0 Å². The van der Waals surface area contributed by atoms with Crippen molar-refractivity contribution in [2.75, 3.05) is 31.5 Å². The zero-order valence-corrected chi connectivity index (χ0v) is 13.5. The molecule has 1 saturated heterocycles. The molecule has 0 spiro atoms. The molecule has 1 unspecified atom stereocenters. The van der Waals surface area contributed by atoms with Crippen molar-refractivity contribution in [3.63, 3.8) is 0 Å². The molecule has 4 rings (SSSR count). The second-order valence-electron chi connectivity index (χ2n) is 6.26. The number of rotatable bonds is 1. The highest BCUT2D eigenvalue weighted by Crippen LogP contribution is 2.37. The summed E-state index contributed by atoms with van der Waals surface area (Å²) in [5, 5.41) is 7.40. The van der Waals surface area contributed by atoms with Gasteiger partial charge in [0.15, 0.2) is 0 Å². The van der Waals surface area contributed by atoms with Crippen LogP contribution in [-0.2, 0) is 12.1 Å². The van der Waals surface area contributed by atoms with Crippen LogP contribution in [0, 0.1) is 5.82 Å². The number of nitrogens with one attached hydrogen (secondary N) is 2. The number of piperazine rings is 1. The standard InChI is InChI=1S/C18H19ClFN3/c19-14-5-6-15(16(20)9-14)18-11-21-7-8-23(18)10-13-3-1-2-4-17(13)22-12-18/h1-6,9,21-22H,7-8,10-12H2. The third-order valence-electron chi connectivity index (χ3n) is 4.96. The van der Waals surface area contributed by atoms with Gasteiger partial charge in [0.2, 0.25) is 0 Å². The summed E-state index contributed by atoms with van der Waals surface area (Å²) in [6, 6.07) is 13.3. The molecule has 0 amide bonds. The van der Waals surface area contributed by atoms with Crippen molar-refractivity contribution < 1.29 is 4.39 Å². The van der Waals surface area contributed by atoms with Gasteiger partial charge in [-0.05, 0) is 23.8 Å². The Morgan fingerprint density at radius 1 is 1.13 bits per heavy atom. The van der Waals surface area contributed by atoms with E-state index >= 15 is 0 Å². The number of para-hydroxylation sites is 1. The number of hydrogen-bond acceptors (Lipinski definition) is 3. The van der Waals surface area contributed by atoms with Crippen LogP contribution in [0.25, 0.3) is 0 Å². The maximum Gasteiger partial charge on any atom is 0.129 e. The Hall–Kier alpha value is -1.62. The van der Waals surface area contributed by atoms with Crippen molar-refractivity contribution in [2.45, 2.75) is 12.1 Å². The van der Waals surface area contributed by atoms with Gasteiger partial charge in [-0.1, -0.05) is 35.9 Å². The van der Waals surface area contributed by atoms with Crippen LogP contribution in [0.3, 0.4) is 0 Å². The average Bonchev–Trinajstić information content (AvgIpc) is 2.72. The summed E-state index contributed by atoms with van der Waals surface area (Å²) in [4.78, 5) is 2.38. The number of halogens is 2. The highest BCUT2D eigenvalue weighted by Gasteiger charge is 2.43. The van der Waals surface area contributed by atoms with E-state index in [-0.39, 0.29) is 5.82 Å². The largest absolute Gasteiger partial charge is 0.383 e. The highest BCUT2D eigenvalue weighted by atomic mass is 35.5. The third kappa shape index (κ3) is 2.51. The van der Waals surface area contributed by atoms with Crippen LogP contribution in [0.15, 0.2) is 42.5 Å². The number of anilines is 1. The van der Waals surface area contributed by atoms with E-state index in [4.69, 9.17) is 11.6 Å². The molecule has 1 fully saturated rings. The first-order valence-corrected chi connectivity index (χ1v) is 8.30. The number of nitrogens with zero attached hydrogens (tertiary/aromatic N) is 1. The van der Waals surface area contributed by atoms with Crippen molar-refractivity contribution in [3.8, 4) is 0 Å². The lowest BCUT2D eigenvalue weighted by Gasteiger charge is -2.47. The van der Waals surface area contributed by atoms with E-state index in [1.54, 1.807) is 6.07 Å². The lowest BCUT2D eigenvalue weighted by molar-refractivity contribution is 0.0600. The molecule has 2 aromatic carbocycles. The van der Waals surface area contributed by atoms with E-state index in [1.807, 2.05) is 12.1 Å². The van der Waals surface area contributed by atoms with E-state index in [0.717, 1.165) is 25.3 Å². The van der Waals surface area contributed by atoms with Gasteiger partial charge in [-0.2, -0.15) is 0 Å². The molecule has 1 atom stereocenters. The van der Waals surface area contributed by atoms with Crippen molar-refractivity contribution in [1.29, 1.82) is 0 Å². The molecule has 23 heavy (non-hydrogen) atoms. The molecule has 0 aromatic heterocycles. The summed E-state index contributed by atoms with van der Waals surface area (Å²) >= 11 is 5.95. The molecule has 0 aliphatic carbocycles. The fraction of sp³-hybridized carbons (Fsp3) is 0.333. The van der Waals surface area contributed by atoms with E-state index in [0.29, 0.717) is 23.7 Å². The van der Waals surface area contributed by atoms with E-state index in [9.17, 15) is 4.39 Å². The van der Waals surface area contributed by atoms with Gasteiger partial charge in [-0.25, -0.2) is 4.39 Å². The summed E-state index contributed by atoms with van der Waals surface area (Å²) in [7, 11) is 0. The van der Waals surface area contributed by atoms with Crippen molar-refractivity contribution >= 4 is 17.3 Å². The Labute approximate surface area is 140 Å². The molecule has 0 bridgehead atoms. The molecule has 2 aliphatic rings. The Morgan fingerprint density at radius 3 is 2.87 bits per heavy atom. The molecule has 0 saturated carbocycles. The lowest BCUT2D eigenvalue weighted by atomic mass is 9.85. The molecular weight excluding hydrogens is 313 g/mol. The van der Waals surface area contributed by atoms with Crippen LogP contribution in [0.5, 0.6) is 0 Å². The molecule has 2 aliphatic heterocycles. The van der Waals surface area contributed by atoms with E-state index in [1.165, 1.54) is 11.6 Å². The SMILES string of the molecule is Fc1cc(Cl)ccc1C12CNCCN1Cc1ccccc1NC2. The van der Waals surface area contributed by atoms with Gasteiger partial charge in [0.1, 0.15) is 5.82 Å². The molecule has 2 N–H and O–H groups in total. The zero-order chi connectivity index (χ0) is 15.9. The topological polar surface area (TPSA) is 27.3 Å². The first-order chi connectivity index (χ1) is 11.2. The minimum absolute atomic E-state index is 0.237. The monoisotopic (exact) mass is 331 g/mol. The summed E-state index contributed by atoms with van der Waals surface area (Å²) in [5.41, 5.74) is 2.68. The summed E-state index contributed by atoms with van der Waals surface area (Å²) < 4.78 is 14.7. The third-order valence-corrected chi connectivity index (χ3v) is 5.20.